The molecule has 0 saturated carbocycles. The number of nitrogens with one attached hydrogen (secondary N) is 2. The van der Waals surface area contributed by atoms with Gasteiger partial charge >= 0.3 is 0 Å². The summed E-state index contributed by atoms with van der Waals surface area (Å²) in [5, 5.41) is 0.401. The molecule has 0 heterocycles. The van der Waals surface area contributed by atoms with Crippen molar-refractivity contribution in [3.63, 3.8) is 0 Å². The molecule has 2 aromatic carbocycles. The van der Waals surface area contributed by atoms with Gasteiger partial charge in [-0.15, -0.1) is 0 Å². The Hall–Kier alpha value is -2.93. The molecule has 0 aromatic heterocycles. The van der Waals surface area contributed by atoms with Gasteiger partial charge in [-0.2, -0.15) is 0 Å². The van der Waals surface area contributed by atoms with Crippen molar-refractivity contribution in [2.24, 2.45) is 0 Å². The molecule has 0 spiro atoms. The fraction of sp³-hybridized carbons (Fsp3) is 0.222. The molecule has 7 nitrogen and oxygen atoms in total. The standard InChI is InChI=1S/C18H19ClN2O5/c1-24-15-8-7-12(9-16(15)25-2)10-17(22)20-21-18(23)11-26-14-6-4-3-5-13(14)19/h3-9H,10-11H2,1-2H3,(H,20,22)(H,21,23). The number of hydrogen-bond acceptors (Lipinski definition) is 5. The van der Waals surface area contributed by atoms with Gasteiger partial charge in [0.1, 0.15) is 5.75 Å². The molecule has 2 amide bonds. The van der Waals surface area contributed by atoms with Crippen LogP contribution in [0.15, 0.2) is 42.5 Å². The number of methoxy groups -OCH3 is 2. The van der Waals surface area contributed by atoms with Crippen LogP contribution in [0.25, 0.3) is 0 Å². The lowest BCUT2D eigenvalue weighted by atomic mass is 10.1. The number of hydrazine groups is 1. The first-order valence-electron chi connectivity index (χ1n) is 7.69. The zero-order valence-corrected chi connectivity index (χ0v) is 15.1. The molecule has 0 bridgehead atoms. The van der Waals surface area contributed by atoms with Crippen molar-refractivity contribution in [2.75, 3.05) is 20.8 Å². The second-order valence-corrected chi connectivity index (χ2v) is 5.59. The topological polar surface area (TPSA) is 85.9 Å². The third-order valence-electron chi connectivity index (χ3n) is 3.35. The molecule has 0 aliphatic heterocycles. The van der Waals surface area contributed by atoms with Gasteiger partial charge in [0.2, 0.25) is 5.91 Å². The maximum absolute atomic E-state index is 11.9. The Morgan fingerprint density at radius 3 is 2.31 bits per heavy atom. The molecular formula is C18H19ClN2O5. The van der Waals surface area contributed by atoms with E-state index in [-0.39, 0.29) is 18.9 Å². The lowest BCUT2D eigenvalue weighted by molar-refractivity contribution is -0.129. The second kappa shape index (κ2) is 9.53. The van der Waals surface area contributed by atoms with E-state index < -0.39 is 5.91 Å². The Labute approximate surface area is 156 Å². The van der Waals surface area contributed by atoms with E-state index in [1.165, 1.54) is 14.2 Å². The van der Waals surface area contributed by atoms with Crippen LogP contribution in [-0.4, -0.2) is 32.6 Å². The summed E-state index contributed by atoms with van der Waals surface area (Å²) in [4.78, 5) is 23.7. The minimum Gasteiger partial charge on any atom is -0.493 e. The predicted octanol–water partition coefficient (Wildman–Crippen LogP) is 2.13. The van der Waals surface area contributed by atoms with E-state index in [9.17, 15) is 9.59 Å². The Morgan fingerprint density at radius 1 is 0.923 bits per heavy atom. The molecule has 2 N–H and O–H groups in total. The fourth-order valence-corrected chi connectivity index (χ4v) is 2.29. The van der Waals surface area contributed by atoms with E-state index in [0.29, 0.717) is 27.8 Å². The molecule has 2 aromatic rings. The summed E-state index contributed by atoms with van der Waals surface area (Å²) in [5.41, 5.74) is 5.32. The molecule has 26 heavy (non-hydrogen) atoms. The van der Waals surface area contributed by atoms with Gasteiger partial charge in [-0.25, -0.2) is 0 Å². The highest BCUT2D eigenvalue weighted by Crippen LogP contribution is 2.27. The number of carbonyl (C=O) groups is 2. The minimum atomic E-state index is -0.509. The van der Waals surface area contributed by atoms with Gasteiger partial charge in [-0.05, 0) is 29.8 Å². The molecule has 0 aliphatic carbocycles. The lowest BCUT2D eigenvalue weighted by Gasteiger charge is -2.11. The highest BCUT2D eigenvalue weighted by molar-refractivity contribution is 6.32. The number of carbonyl (C=O) groups excluding carboxylic acids is 2. The van der Waals surface area contributed by atoms with Gasteiger partial charge in [0, 0.05) is 0 Å². The van der Waals surface area contributed by atoms with Crippen LogP contribution in [0, 0.1) is 0 Å². The number of halogens is 1. The van der Waals surface area contributed by atoms with Crippen molar-refractivity contribution in [3.8, 4) is 17.2 Å². The van der Waals surface area contributed by atoms with E-state index in [0.717, 1.165) is 0 Å². The van der Waals surface area contributed by atoms with Crippen molar-refractivity contribution in [2.45, 2.75) is 6.42 Å². The molecule has 0 radical (unpaired) electrons. The lowest BCUT2D eigenvalue weighted by Crippen LogP contribution is -2.44. The molecular weight excluding hydrogens is 360 g/mol. The maximum atomic E-state index is 11.9. The third kappa shape index (κ3) is 5.56. The summed E-state index contributed by atoms with van der Waals surface area (Å²) in [6.07, 6.45) is 0.0615. The first-order valence-corrected chi connectivity index (χ1v) is 8.07. The molecule has 8 heteroatoms. The van der Waals surface area contributed by atoms with Crippen molar-refractivity contribution in [3.05, 3.63) is 53.1 Å². The third-order valence-corrected chi connectivity index (χ3v) is 3.66. The van der Waals surface area contributed by atoms with Crippen LogP contribution in [-0.2, 0) is 16.0 Å². The average molecular weight is 379 g/mol. The highest BCUT2D eigenvalue weighted by atomic mass is 35.5. The zero-order valence-electron chi connectivity index (χ0n) is 14.4. The van der Waals surface area contributed by atoms with Gasteiger partial charge in [0.25, 0.3) is 5.91 Å². The van der Waals surface area contributed by atoms with Crippen LogP contribution in [0.5, 0.6) is 17.2 Å². The number of amides is 2. The first kappa shape index (κ1) is 19.4. The molecule has 0 unspecified atom stereocenters. The van der Waals surface area contributed by atoms with Gasteiger partial charge in [-0.1, -0.05) is 29.8 Å². The normalized spacial score (nSPS) is 9.96. The number of benzene rings is 2. The summed E-state index contributed by atoms with van der Waals surface area (Å²) < 4.78 is 15.6. The van der Waals surface area contributed by atoms with Crippen LogP contribution < -0.4 is 25.1 Å². The first-order chi connectivity index (χ1) is 12.5. The Bertz CT molecular complexity index is 782. The smallest absolute Gasteiger partial charge is 0.276 e. The highest BCUT2D eigenvalue weighted by Gasteiger charge is 2.10. The summed E-state index contributed by atoms with van der Waals surface area (Å²) in [7, 11) is 3.05. The van der Waals surface area contributed by atoms with E-state index in [2.05, 4.69) is 10.9 Å². The van der Waals surface area contributed by atoms with Crippen molar-refractivity contribution < 1.29 is 23.8 Å². The van der Waals surface area contributed by atoms with Crippen molar-refractivity contribution in [1.82, 2.24) is 10.9 Å². The summed E-state index contributed by atoms with van der Waals surface area (Å²) in [5.74, 6) is 0.589. The Morgan fingerprint density at radius 2 is 1.62 bits per heavy atom. The monoisotopic (exact) mass is 378 g/mol. The van der Waals surface area contributed by atoms with Gasteiger partial charge in [-0.3, -0.25) is 20.4 Å². The second-order valence-electron chi connectivity index (χ2n) is 5.18. The predicted molar refractivity (Wildman–Crippen MR) is 96.5 cm³/mol. The Balaban J connectivity index is 1.79. The molecule has 0 aliphatic rings. The number of hydrogen-bond donors (Lipinski definition) is 2. The zero-order chi connectivity index (χ0) is 18.9. The number of rotatable bonds is 7. The molecule has 0 atom stereocenters. The van der Waals surface area contributed by atoms with Crippen molar-refractivity contribution >= 4 is 23.4 Å². The SMILES string of the molecule is COc1ccc(CC(=O)NNC(=O)COc2ccccc2Cl)cc1OC. The average Bonchev–Trinajstić information content (AvgIpc) is 2.65. The van der Waals surface area contributed by atoms with Gasteiger partial charge in [0.15, 0.2) is 18.1 Å². The van der Waals surface area contributed by atoms with Crippen LogP contribution in [0.2, 0.25) is 5.02 Å². The number of ether oxygens (including phenoxy) is 3. The van der Waals surface area contributed by atoms with Gasteiger partial charge < -0.3 is 14.2 Å². The van der Waals surface area contributed by atoms with Crippen LogP contribution in [0.1, 0.15) is 5.56 Å². The van der Waals surface area contributed by atoms with E-state index in [1.54, 1.807) is 42.5 Å². The Kier molecular flexibility index (Phi) is 7.11. The molecule has 138 valence electrons. The van der Waals surface area contributed by atoms with Gasteiger partial charge in [0.05, 0.1) is 25.7 Å². The van der Waals surface area contributed by atoms with Crippen LogP contribution in [0.4, 0.5) is 0 Å². The summed E-state index contributed by atoms with van der Waals surface area (Å²) in [6, 6.07) is 11.9. The van der Waals surface area contributed by atoms with E-state index >= 15 is 0 Å². The number of para-hydroxylation sites is 1. The summed E-state index contributed by atoms with van der Waals surface area (Å²) in [6.45, 7) is -0.277. The quantitative estimate of drug-likeness (QED) is 0.721. The van der Waals surface area contributed by atoms with Crippen molar-refractivity contribution in [1.29, 1.82) is 0 Å². The minimum absolute atomic E-state index is 0.0615. The fourth-order valence-electron chi connectivity index (χ4n) is 2.10. The molecule has 0 saturated heterocycles. The van der Waals surface area contributed by atoms with E-state index in [4.69, 9.17) is 25.8 Å². The van der Waals surface area contributed by atoms with Crippen LogP contribution >= 0.6 is 11.6 Å². The molecule has 0 fully saturated rings. The van der Waals surface area contributed by atoms with E-state index in [1.807, 2.05) is 0 Å². The summed E-state index contributed by atoms with van der Waals surface area (Å²) >= 11 is 5.93. The maximum Gasteiger partial charge on any atom is 0.276 e. The van der Waals surface area contributed by atoms with Crippen LogP contribution in [0.3, 0.4) is 0 Å². The molecule has 2 rings (SSSR count). The largest absolute Gasteiger partial charge is 0.493 e.